The SMILES string of the molecule is Cn1c(=O)c2c(nc(N3CCCCC3)n2Cc2c(Cl)cccc2Cl)n(C)c1=O. The van der Waals surface area contributed by atoms with Crippen molar-refractivity contribution in [3.63, 3.8) is 0 Å². The van der Waals surface area contributed by atoms with Gasteiger partial charge in [-0.25, -0.2) is 4.79 Å². The number of benzene rings is 1. The summed E-state index contributed by atoms with van der Waals surface area (Å²) in [6.45, 7) is 2.01. The molecule has 148 valence electrons. The van der Waals surface area contributed by atoms with E-state index in [0.717, 1.165) is 36.1 Å². The summed E-state index contributed by atoms with van der Waals surface area (Å²) in [6.07, 6.45) is 3.30. The number of fused-ring (bicyclic) bond motifs is 1. The summed E-state index contributed by atoms with van der Waals surface area (Å²) in [5.41, 5.74) is 0.692. The zero-order valence-corrected chi connectivity index (χ0v) is 17.3. The number of piperidine rings is 1. The lowest BCUT2D eigenvalue weighted by Gasteiger charge is -2.28. The van der Waals surface area contributed by atoms with Crippen LogP contribution in [0.1, 0.15) is 24.8 Å². The molecule has 0 bridgehead atoms. The average molecular weight is 422 g/mol. The number of rotatable bonds is 3. The predicted molar refractivity (Wildman–Crippen MR) is 112 cm³/mol. The van der Waals surface area contributed by atoms with Crippen LogP contribution >= 0.6 is 23.2 Å². The lowest BCUT2D eigenvalue weighted by atomic mass is 10.1. The molecule has 0 unspecified atom stereocenters. The highest BCUT2D eigenvalue weighted by Gasteiger charge is 2.24. The zero-order chi connectivity index (χ0) is 20.0. The van der Waals surface area contributed by atoms with Crippen LogP contribution in [0.5, 0.6) is 0 Å². The highest BCUT2D eigenvalue weighted by atomic mass is 35.5. The van der Waals surface area contributed by atoms with E-state index in [0.29, 0.717) is 33.7 Å². The third-order valence-corrected chi connectivity index (χ3v) is 6.05. The maximum absolute atomic E-state index is 13.0. The van der Waals surface area contributed by atoms with Crippen molar-refractivity contribution in [1.82, 2.24) is 18.7 Å². The lowest BCUT2D eigenvalue weighted by Crippen LogP contribution is -2.37. The number of hydrogen-bond donors (Lipinski definition) is 0. The minimum atomic E-state index is -0.400. The lowest BCUT2D eigenvalue weighted by molar-refractivity contribution is 0.560. The van der Waals surface area contributed by atoms with Gasteiger partial charge in [0, 0.05) is 42.8 Å². The topological polar surface area (TPSA) is 65.1 Å². The van der Waals surface area contributed by atoms with Crippen molar-refractivity contribution in [3.8, 4) is 0 Å². The molecule has 0 aliphatic carbocycles. The second kappa shape index (κ2) is 7.29. The molecule has 0 N–H and O–H groups in total. The van der Waals surface area contributed by atoms with Crippen LogP contribution in [0.3, 0.4) is 0 Å². The number of aromatic nitrogens is 4. The van der Waals surface area contributed by atoms with Crippen LogP contribution in [0.4, 0.5) is 5.95 Å². The van der Waals surface area contributed by atoms with Crippen molar-refractivity contribution in [1.29, 1.82) is 0 Å². The molecule has 7 nitrogen and oxygen atoms in total. The fourth-order valence-electron chi connectivity index (χ4n) is 3.76. The molecule has 0 spiro atoms. The molecule has 4 rings (SSSR count). The van der Waals surface area contributed by atoms with E-state index >= 15 is 0 Å². The Morgan fingerprint density at radius 3 is 2.29 bits per heavy atom. The number of hydrogen-bond acceptors (Lipinski definition) is 4. The molecule has 1 fully saturated rings. The van der Waals surface area contributed by atoms with Crippen LogP contribution in [-0.4, -0.2) is 31.8 Å². The van der Waals surface area contributed by atoms with E-state index in [1.54, 1.807) is 25.2 Å². The first-order chi connectivity index (χ1) is 13.4. The molecule has 3 aromatic rings. The van der Waals surface area contributed by atoms with Gasteiger partial charge in [-0.1, -0.05) is 29.3 Å². The first-order valence-electron chi connectivity index (χ1n) is 9.24. The van der Waals surface area contributed by atoms with E-state index in [1.807, 2.05) is 4.57 Å². The summed E-state index contributed by atoms with van der Waals surface area (Å²) in [5.74, 6) is 0.670. The van der Waals surface area contributed by atoms with E-state index in [1.165, 1.54) is 18.0 Å². The molecular weight excluding hydrogens is 401 g/mol. The second-order valence-electron chi connectivity index (χ2n) is 7.12. The van der Waals surface area contributed by atoms with Gasteiger partial charge in [0.15, 0.2) is 11.2 Å². The fraction of sp³-hybridized carbons (Fsp3) is 0.421. The van der Waals surface area contributed by atoms with Gasteiger partial charge in [-0.2, -0.15) is 4.98 Å². The summed E-state index contributed by atoms with van der Waals surface area (Å²) in [7, 11) is 3.11. The predicted octanol–water partition coefficient (Wildman–Crippen LogP) is 2.78. The quantitative estimate of drug-likeness (QED) is 0.651. The zero-order valence-electron chi connectivity index (χ0n) is 15.8. The standard InChI is InChI=1S/C19H21Cl2N5O2/c1-23-16-15(17(27)24(2)19(23)28)26(11-12-13(20)7-6-8-14(12)21)18(22-16)25-9-4-3-5-10-25/h6-8H,3-5,9-11H2,1-2H3. The summed E-state index contributed by atoms with van der Waals surface area (Å²) in [5, 5.41) is 1.06. The van der Waals surface area contributed by atoms with Crippen molar-refractivity contribution >= 4 is 40.3 Å². The maximum Gasteiger partial charge on any atom is 0.332 e. The first kappa shape index (κ1) is 19.1. The highest BCUT2D eigenvalue weighted by Crippen LogP contribution is 2.29. The molecular formula is C19H21Cl2N5O2. The van der Waals surface area contributed by atoms with Crippen LogP contribution in [-0.2, 0) is 20.6 Å². The van der Waals surface area contributed by atoms with Gasteiger partial charge in [0.1, 0.15) is 0 Å². The number of halogens is 2. The summed E-state index contributed by atoms with van der Waals surface area (Å²) < 4.78 is 4.36. The van der Waals surface area contributed by atoms with Gasteiger partial charge in [-0.05, 0) is 31.4 Å². The number of nitrogens with zero attached hydrogens (tertiary/aromatic N) is 5. The van der Waals surface area contributed by atoms with Gasteiger partial charge < -0.3 is 4.90 Å². The van der Waals surface area contributed by atoms with Crippen LogP contribution in [0, 0.1) is 0 Å². The third-order valence-electron chi connectivity index (χ3n) is 5.34. The van der Waals surface area contributed by atoms with Crippen molar-refractivity contribution < 1.29 is 0 Å². The number of imidazole rings is 1. The summed E-state index contributed by atoms with van der Waals surface area (Å²) in [4.78, 5) is 32.2. The molecule has 3 heterocycles. The average Bonchev–Trinajstić information content (AvgIpc) is 3.08. The van der Waals surface area contributed by atoms with Crippen molar-refractivity contribution in [2.45, 2.75) is 25.8 Å². The molecule has 0 amide bonds. The second-order valence-corrected chi connectivity index (χ2v) is 7.94. The number of aryl methyl sites for hydroxylation is 1. The molecule has 1 aliphatic rings. The van der Waals surface area contributed by atoms with Gasteiger partial charge in [-0.15, -0.1) is 0 Å². The molecule has 0 radical (unpaired) electrons. The Hall–Kier alpha value is -2.25. The summed E-state index contributed by atoms with van der Waals surface area (Å²) in [6, 6.07) is 5.33. The molecule has 1 aromatic carbocycles. The Bertz CT molecular complexity index is 1150. The van der Waals surface area contributed by atoms with Crippen LogP contribution in [0.2, 0.25) is 10.0 Å². The molecule has 0 atom stereocenters. The van der Waals surface area contributed by atoms with E-state index < -0.39 is 5.69 Å². The Balaban J connectivity index is 2.01. The Morgan fingerprint density at radius 2 is 1.64 bits per heavy atom. The Kier molecular flexibility index (Phi) is 4.97. The third kappa shape index (κ3) is 3.02. The van der Waals surface area contributed by atoms with Crippen LogP contribution in [0.15, 0.2) is 27.8 Å². The number of anilines is 1. The van der Waals surface area contributed by atoms with Gasteiger partial charge in [0.2, 0.25) is 5.95 Å². The van der Waals surface area contributed by atoms with Crippen LogP contribution in [0.25, 0.3) is 11.2 Å². The molecule has 1 saturated heterocycles. The molecule has 28 heavy (non-hydrogen) atoms. The smallest absolute Gasteiger partial charge is 0.332 e. The Morgan fingerprint density at radius 1 is 1.00 bits per heavy atom. The molecule has 9 heteroatoms. The van der Waals surface area contributed by atoms with Crippen molar-refractivity contribution in [3.05, 3.63) is 54.6 Å². The van der Waals surface area contributed by atoms with Gasteiger partial charge >= 0.3 is 5.69 Å². The monoisotopic (exact) mass is 421 g/mol. The highest BCUT2D eigenvalue weighted by molar-refractivity contribution is 6.36. The van der Waals surface area contributed by atoms with E-state index in [2.05, 4.69) is 4.90 Å². The van der Waals surface area contributed by atoms with Crippen LogP contribution < -0.4 is 16.1 Å². The maximum atomic E-state index is 13.0. The van der Waals surface area contributed by atoms with Gasteiger partial charge in [0.25, 0.3) is 5.56 Å². The Labute approximate surface area is 171 Å². The fourth-order valence-corrected chi connectivity index (χ4v) is 4.28. The van der Waals surface area contributed by atoms with E-state index in [9.17, 15) is 9.59 Å². The molecule has 0 saturated carbocycles. The first-order valence-corrected chi connectivity index (χ1v) is 10.00. The van der Waals surface area contributed by atoms with Gasteiger partial charge in [-0.3, -0.25) is 18.5 Å². The minimum absolute atomic E-state index is 0.300. The van der Waals surface area contributed by atoms with Crippen molar-refractivity contribution in [2.24, 2.45) is 14.1 Å². The van der Waals surface area contributed by atoms with Gasteiger partial charge in [0.05, 0.1) is 6.54 Å². The normalized spacial score (nSPS) is 14.8. The largest absolute Gasteiger partial charge is 0.342 e. The van der Waals surface area contributed by atoms with E-state index in [-0.39, 0.29) is 5.56 Å². The minimum Gasteiger partial charge on any atom is -0.342 e. The summed E-state index contributed by atoms with van der Waals surface area (Å²) >= 11 is 12.8. The van der Waals surface area contributed by atoms with E-state index in [4.69, 9.17) is 28.2 Å². The molecule has 2 aromatic heterocycles. The van der Waals surface area contributed by atoms with Crippen molar-refractivity contribution in [2.75, 3.05) is 18.0 Å². The molecule has 1 aliphatic heterocycles.